The molecule has 0 radical (unpaired) electrons. The van der Waals surface area contributed by atoms with Gasteiger partial charge < -0.3 is 15.7 Å². The molecule has 0 aromatic carbocycles. The summed E-state index contributed by atoms with van der Waals surface area (Å²) in [6.07, 6.45) is 1.32. The predicted octanol–water partition coefficient (Wildman–Crippen LogP) is 1.26. The van der Waals surface area contributed by atoms with Crippen LogP contribution in [0.2, 0.25) is 0 Å². The molecule has 1 unspecified atom stereocenters. The van der Waals surface area contributed by atoms with E-state index in [2.05, 4.69) is 4.98 Å². The summed E-state index contributed by atoms with van der Waals surface area (Å²) in [4.78, 5) is 27.2. The van der Waals surface area contributed by atoms with E-state index in [0.29, 0.717) is 25.3 Å². The highest BCUT2D eigenvalue weighted by atomic mass is 16.6. The number of hydrogen-bond donors (Lipinski definition) is 2. The first-order valence-electron chi connectivity index (χ1n) is 6.23. The molecule has 2 heterocycles. The van der Waals surface area contributed by atoms with Crippen LogP contribution in [0.4, 0.5) is 17.3 Å². The van der Waals surface area contributed by atoms with Crippen molar-refractivity contribution in [2.75, 3.05) is 23.7 Å². The summed E-state index contributed by atoms with van der Waals surface area (Å²) in [7, 11) is 0. The zero-order valence-corrected chi connectivity index (χ0v) is 11.1. The minimum absolute atomic E-state index is 0.157. The van der Waals surface area contributed by atoms with Crippen molar-refractivity contribution in [1.29, 1.82) is 0 Å². The van der Waals surface area contributed by atoms with Crippen molar-refractivity contribution >= 4 is 23.3 Å². The second kappa shape index (κ2) is 4.95. The minimum Gasteiger partial charge on any atom is -0.481 e. The minimum atomic E-state index is -0.850. The maximum Gasteiger partial charge on any atom is 0.311 e. The summed E-state index contributed by atoms with van der Waals surface area (Å²) in [5, 5.41) is 20.0. The van der Waals surface area contributed by atoms with Gasteiger partial charge in [0.2, 0.25) is 5.82 Å². The maximum absolute atomic E-state index is 11.3. The lowest BCUT2D eigenvalue weighted by molar-refractivity contribution is -0.384. The second-order valence-corrected chi connectivity index (χ2v) is 5.22. The van der Waals surface area contributed by atoms with Crippen LogP contribution in [0.25, 0.3) is 0 Å². The van der Waals surface area contributed by atoms with E-state index in [4.69, 9.17) is 5.73 Å². The molecule has 0 bridgehead atoms. The third-order valence-corrected chi connectivity index (χ3v) is 3.62. The van der Waals surface area contributed by atoms with Crippen molar-refractivity contribution in [3.05, 3.63) is 22.2 Å². The van der Waals surface area contributed by atoms with Gasteiger partial charge in [-0.25, -0.2) is 4.98 Å². The summed E-state index contributed by atoms with van der Waals surface area (Å²) >= 11 is 0. The number of nitrogens with zero attached hydrogens (tertiary/aromatic N) is 3. The topological polar surface area (TPSA) is 123 Å². The standard InChI is InChI=1S/C12H16N4O4/c1-12(11(17)18)5-2-6-15(7-12)9-4-3-8(16(19)20)10(13)14-9/h3-4H,2,5-7H2,1H3,(H2,13,14)(H,17,18). The van der Waals surface area contributed by atoms with E-state index in [0.717, 1.165) is 6.42 Å². The molecule has 3 N–H and O–H groups in total. The fraction of sp³-hybridized carbons (Fsp3) is 0.500. The molecule has 1 aromatic heterocycles. The lowest BCUT2D eigenvalue weighted by Gasteiger charge is -2.38. The van der Waals surface area contributed by atoms with Crippen LogP contribution in [0.1, 0.15) is 19.8 Å². The first kappa shape index (κ1) is 14.0. The Balaban J connectivity index is 2.26. The lowest BCUT2D eigenvalue weighted by Crippen LogP contribution is -2.46. The van der Waals surface area contributed by atoms with Gasteiger partial charge in [0.15, 0.2) is 0 Å². The zero-order valence-electron chi connectivity index (χ0n) is 11.1. The number of carboxylic acid groups (broad SMARTS) is 1. The van der Waals surface area contributed by atoms with Gasteiger partial charge in [0.1, 0.15) is 5.82 Å². The molecule has 1 aliphatic rings. The van der Waals surface area contributed by atoms with E-state index >= 15 is 0 Å². The Bertz CT molecular complexity index is 562. The molecule has 20 heavy (non-hydrogen) atoms. The molecule has 0 spiro atoms. The van der Waals surface area contributed by atoms with Gasteiger partial charge in [0.25, 0.3) is 0 Å². The fourth-order valence-corrected chi connectivity index (χ4v) is 2.40. The number of aromatic nitrogens is 1. The average molecular weight is 280 g/mol. The number of nitro groups is 1. The van der Waals surface area contributed by atoms with Crippen molar-refractivity contribution in [2.45, 2.75) is 19.8 Å². The number of nitrogens with two attached hydrogens (primary N) is 1. The molecule has 1 aliphatic heterocycles. The average Bonchev–Trinajstić information content (AvgIpc) is 2.38. The van der Waals surface area contributed by atoms with Gasteiger partial charge in [0, 0.05) is 19.2 Å². The predicted molar refractivity (Wildman–Crippen MR) is 72.5 cm³/mol. The smallest absolute Gasteiger partial charge is 0.311 e. The summed E-state index contributed by atoms with van der Waals surface area (Å²) in [5.41, 5.74) is 4.48. The van der Waals surface area contributed by atoms with E-state index in [1.807, 2.05) is 0 Å². The van der Waals surface area contributed by atoms with Gasteiger partial charge in [-0.1, -0.05) is 0 Å². The summed E-state index contributed by atoms with van der Waals surface area (Å²) in [6.45, 7) is 2.66. The molecular weight excluding hydrogens is 264 g/mol. The lowest BCUT2D eigenvalue weighted by atomic mass is 9.82. The van der Waals surface area contributed by atoms with E-state index in [1.54, 1.807) is 11.8 Å². The Labute approximate surface area is 115 Å². The van der Waals surface area contributed by atoms with Crippen LogP contribution in [0.15, 0.2) is 12.1 Å². The molecule has 1 fully saturated rings. The van der Waals surface area contributed by atoms with Gasteiger partial charge in [0.05, 0.1) is 10.3 Å². The van der Waals surface area contributed by atoms with Gasteiger partial charge in [-0.15, -0.1) is 0 Å². The van der Waals surface area contributed by atoms with E-state index in [1.165, 1.54) is 12.1 Å². The Morgan fingerprint density at radius 3 is 2.85 bits per heavy atom. The number of pyridine rings is 1. The zero-order chi connectivity index (χ0) is 14.9. The molecule has 1 saturated heterocycles. The van der Waals surface area contributed by atoms with Crippen LogP contribution in [0.5, 0.6) is 0 Å². The quantitative estimate of drug-likeness (QED) is 0.631. The van der Waals surface area contributed by atoms with Crippen molar-refractivity contribution < 1.29 is 14.8 Å². The molecule has 2 rings (SSSR count). The Morgan fingerprint density at radius 2 is 2.30 bits per heavy atom. The van der Waals surface area contributed by atoms with Crippen LogP contribution in [-0.4, -0.2) is 34.1 Å². The van der Waals surface area contributed by atoms with Crippen molar-refractivity contribution in [3.8, 4) is 0 Å². The van der Waals surface area contributed by atoms with Crippen LogP contribution in [0, 0.1) is 15.5 Å². The first-order chi connectivity index (χ1) is 9.33. The summed E-state index contributed by atoms with van der Waals surface area (Å²) < 4.78 is 0. The van der Waals surface area contributed by atoms with E-state index in [9.17, 15) is 20.0 Å². The molecule has 0 amide bonds. The van der Waals surface area contributed by atoms with Gasteiger partial charge in [-0.2, -0.15) is 0 Å². The monoisotopic (exact) mass is 280 g/mol. The second-order valence-electron chi connectivity index (χ2n) is 5.22. The SMILES string of the molecule is CC1(C(=O)O)CCCN(c2ccc([N+](=O)[O-])c(N)n2)C1. The third kappa shape index (κ3) is 2.49. The van der Waals surface area contributed by atoms with Crippen LogP contribution in [-0.2, 0) is 4.79 Å². The number of carboxylic acids is 1. The van der Waals surface area contributed by atoms with E-state index in [-0.39, 0.29) is 11.5 Å². The fourth-order valence-electron chi connectivity index (χ4n) is 2.40. The van der Waals surface area contributed by atoms with Gasteiger partial charge in [-0.05, 0) is 25.8 Å². The Kier molecular flexibility index (Phi) is 3.47. The third-order valence-electron chi connectivity index (χ3n) is 3.62. The van der Waals surface area contributed by atoms with Crippen molar-refractivity contribution in [1.82, 2.24) is 4.98 Å². The number of aliphatic carboxylic acids is 1. The summed E-state index contributed by atoms with van der Waals surface area (Å²) in [5.74, 6) is -0.535. The molecule has 0 saturated carbocycles. The Morgan fingerprint density at radius 1 is 1.60 bits per heavy atom. The molecule has 1 atom stereocenters. The molecule has 8 heteroatoms. The van der Waals surface area contributed by atoms with Gasteiger partial charge in [-0.3, -0.25) is 14.9 Å². The number of carbonyl (C=O) groups is 1. The van der Waals surface area contributed by atoms with Crippen molar-refractivity contribution in [2.24, 2.45) is 5.41 Å². The highest BCUT2D eigenvalue weighted by molar-refractivity contribution is 5.75. The van der Waals surface area contributed by atoms with E-state index < -0.39 is 16.3 Å². The highest BCUT2D eigenvalue weighted by Gasteiger charge is 2.38. The highest BCUT2D eigenvalue weighted by Crippen LogP contribution is 2.33. The first-order valence-corrected chi connectivity index (χ1v) is 6.23. The molecule has 1 aromatic rings. The normalized spacial score (nSPS) is 22.6. The number of piperidine rings is 1. The summed E-state index contributed by atoms with van der Waals surface area (Å²) in [6, 6.07) is 2.80. The van der Waals surface area contributed by atoms with Crippen LogP contribution in [0.3, 0.4) is 0 Å². The largest absolute Gasteiger partial charge is 0.481 e. The molecule has 0 aliphatic carbocycles. The maximum atomic E-state index is 11.3. The van der Waals surface area contributed by atoms with Crippen molar-refractivity contribution in [3.63, 3.8) is 0 Å². The molecular formula is C12H16N4O4. The number of hydrogen-bond acceptors (Lipinski definition) is 6. The van der Waals surface area contributed by atoms with Crippen LogP contribution < -0.4 is 10.6 Å². The van der Waals surface area contributed by atoms with Gasteiger partial charge >= 0.3 is 11.7 Å². The Hall–Kier alpha value is -2.38. The number of rotatable bonds is 3. The van der Waals surface area contributed by atoms with Crippen LogP contribution >= 0.6 is 0 Å². The molecule has 8 nitrogen and oxygen atoms in total. The number of nitrogen functional groups attached to an aromatic ring is 1. The number of anilines is 2. The molecule has 108 valence electrons.